The Labute approximate surface area is 200 Å². The fourth-order valence-corrected chi connectivity index (χ4v) is 4.06. The molecule has 0 bridgehead atoms. The number of urea groups is 1. The number of carbonyl (C=O) groups excluding carboxylic acids is 4. The number of rotatable bonds is 5. The van der Waals surface area contributed by atoms with Gasteiger partial charge in [0.15, 0.2) is 0 Å². The fraction of sp³-hybridized carbons (Fsp3) is 0.120. The first-order valence-electron chi connectivity index (χ1n) is 10.3. The van der Waals surface area contributed by atoms with Crippen LogP contribution < -0.4 is 10.4 Å². The number of nitrogens with zero attached hydrogens (tertiary/aromatic N) is 2. The first-order valence-corrected chi connectivity index (χ1v) is 10.7. The molecule has 0 atom stereocenters. The monoisotopic (exact) mass is 476 g/mol. The summed E-state index contributed by atoms with van der Waals surface area (Å²) in [5.74, 6) is -2.78. The third-order valence-electron chi connectivity index (χ3n) is 5.60. The predicted octanol–water partition coefficient (Wildman–Crippen LogP) is 2.77. The minimum Gasteiger partial charge on any atom is -0.545 e. The van der Waals surface area contributed by atoms with Gasteiger partial charge in [0.05, 0.1) is 12.5 Å². The van der Waals surface area contributed by atoms with E-state index in [9.17, 15) is 24.3 Å². The van der Waals surface area contributed by atoms with E-state index in [0.29, 0.717) is 21.8 Å². The number of aryl methyl sites for hydroxylation is 1. The molecule has 1 fully saturated rings. The maximum atomic E-state index is 13.1. The largest absolute Gasteiger partial charge is 0.545 e. The number of carboxylic acid groups (broad SMARTS) is 1. The van der Waals surface area contributed by atoms with E-state index in [1.165, 1.54) is 18.2 Å². The van der Waals surface area contributed by atoms with E-state index in [1.54, 1.807) is 42.5 Å². The molecule has 34 heavy (non-hydrogen) atoms. The molecule has 0 radical (unpaired) electrons. The molecule has 0 unspecified atom stereocenters. The lowest BCUT2D eigenvalue weighted by Crippen LogP contribution is -2.53. The molecule has 2 heterocycles. The Kier molecular flexibility index (Phi) is 6.08. The van der Waals surface area contributed by atoms with Gasteiger partial charge in [0.25, 0.3) is 11.8 Å². The molecule has 4 rings (SSSR count). The van der Waals surface area contributed by atoms with E-state index >= 15 is 0 Å². The Morgan fingerprint density at radius 3 is 2.38 bits per heavy atom. The molecule has 1 saturated heterocycles. The smallest absolute Gasteiger partial charge is 0.331 e. The molecular formula is C25H19ClN3O5-. The molecule has 8 nitrogen and oxygen atoms in total. The lowest BCUT2D eigenvalue weighted by molar-refractivity contribution is -0.255. The van der Waals surface area contributed by atoms with Crippen molar-refractivity contribution in [3.8, 4) is 5.69 Å². The van der Waals surface area contributed by atoms with Crippen molar-refractivity contribution in [2.75, 3.05) is 0 Å². The zero-order chi connectivity index (χ0) is 24.6. The Hall–Kier alpha value is -4.17. The first-order chi connectivity index (χ1) is 16.2. The zero-order valence-electron chi connectivity index (χ0n) is 18.3. The van der Waals surface area contributed by atoms with Gasteiger partial charge in [-0.1, -0.05) is 41.9 Å². The number of aromatic carboxylic acids is 1. The quantitative estimate of drug-likeness (QED) is 0.449. The maximum absolute atomic E-state index is 13.1. The lowest BCUT2D eigenvalue weighted by atomic mass is 10.1. The molecule has 4 amide bonds. The summed E-state index contributed by atoms with van der Waals surface area (Å²) in [5, 5.41) is 13.6. The number of barbiturate groups is 1. The van der Waals surface area contributed by atoms with E-state index in [0.717, 1.165) is 16.3 Å². The molecule has 0 spiro atoms. The number of amides is 4. The number of hydrogen-bond acceptors (Lipinski definition) is 5. The normalized spacial score (nSPS) is 15.1. The topological polar surface area (TPSA) is 112 Å². The SMILES string of the molecule is Cc1cc(/C=C2\C(=O)NC(=O)N(Cc3ccccc3Cl)C2=O)c(C)n1-c1ccc(C(=O)[O-])cc1. The molecule has 1 aromatic heterocycles. The number of aromatic nitrogens is 1. The van der Waals surface area contributed by atoms with Gasteiger partial charge in [-0.25, -0.2) is 4.79 Å². The van der Waals surface area contributed by atoms with Crippen LogP contribution in [0.5, 0.6) is 0 Å². The summed E-state index contributed by atoms with van der Waals surface area (Å²) in [6.07, 6.45) is 1.44. The molecule has 172 valence electrons. The van der Waals surface area contributed by atoms with Gasteiger partial charge in [-0.3, -0.25) is 19.8 Å². The Bertz CT molecular complexity index is 1370. The van der Waals surface area contributed by atoms with E-state index < -0.39 is 23.8 Å². The summed E-state index contributed by atoms with van der Waals surface area (Å²) in [6, 6.07) is 14.0. The van der Waals surface area contributed by atoms with Crippen LogP contribution in [0, 0.1) is 13.8 Å². The molecule has 9 heteroatoms. The summed E-state index contributed by atoms with van der Waals surface area (Å²) >= 11 is 6.17. The molecule has 0 saturated carbocycles. The van der Waals surface area contributed by atoms with Crippen LogP contribution in [-0.4, -0.2) is 33.3 Å². The summed E-state index contributed by atoms with van der Waals surface area (Å²) in [4.78, 5) is 49.9. The molecular weight excluding hydrogens is 458 g/mol. The Balaban J connectivity index is 1.69. The summed E-state index contributed by atoms with van der Waals surface area (Å²) < 4.78 is 1.86. The van der Waals surface area contributed by atoms with Crippen LogP contribution in [0.25, 0.3) is 11.8 Å². The van der Waals surface area contributed by atoms with Gasteiger partial charge in [-0.2, -0.15) is 0 Å². The van der Waals surface area contributed by atoms with Crippen molar-refractivity contribution in [1.29, 1.82) is 0 Å². The molecule has 1 aliphatic heterocycles. The third kappa shape index (κ3) is 4.23. The maximum Gasteiger partial charge on any atom is 0.331 e. The highest BCUT2D eigenvalue weighted by molar-refractivity contribution is 6.32. The summed E-state index contributed by atoms with van der Waals surface area (Å²) in [6.45, 7) is 3.57. The van der Waals surface area contributed by atoms with Crippen molar-refractivity contribution >= 4 is 41.5 Å². The first kappa shape index (κ1) is 23.0. The van der Waals surface area contributed by atoms with Crippen LogP contribution in [0.15, 0.2) is 60.2 Å². The number of imide groups is 2. The number of hydrogen-bond donors (Lipinski definition) is 1. The second-order valence-corrected chi connectivity index (χ2v) is 8.20. The number of nitrogens with one attached hydrogen (secondary N) is 1. The minimum absolute atomic E-state index is 0.0568. The van der Waals surface area contributed by atoms with Gasteiger partial charge >= 0.3 is 6.03 Å². The van der Waals surface area contributed by atoms with Gasteiger partial charge in [0.1, 0.15) is 5.57 Å². The van der Waals surface area contributed by atoms with Gasteiger partial charge in [0.2, 0.25) is 0 Å². The minimum atomic E-state index is -1.27. The Morgan fingerprint density at radius 1 is 1.06 bits per heavy atom. The second kappa shape index (κ2) is 8.99. The summed E-state index contributed by atoms with van der Waals surface area (Å²) in [7, 11) is 0. The molecule has 3 aromatic rings. The highest BCUT2D eigenvalue weighted by Crippen LogP contribution is 2.25. The highest BCUT2D eigenvalue weighted by atomic mass is 35.5. The van der Waals surface area contributed by atoms with E-state index in [4.69, 9.17) is 11.6 Å². The standard InChI is InChI=1S/C25H20ClN3O5/c1-14-11-18(15(2)29(14)19-9-7-16(8-10-19)24(32)33)12-20-22(30)27-25(34)28(23(20)31)13-17-5-3-4-6-21(17)26/h3-12H,13H2,1-2H3,(H,32,33)(H,27,30,34)/p-1/b20-12+. The fourth-order valence-electron chi connectivity index (χ4n) is 3.87. The van der Waals surface area contributed by atoms with Crippen molar-refractivity contribution in [3.05, 3.63) is 93.3 Å². The zero-order valence-corrected chi connectivity index (χ0v) is 19.1. The van der Waals surface area contributed by atoms with Crippen LogP contribution in [-0.2, 0) is 16.1 Å². The van der Waals surface area contributed by atoms with Gasteiger partial charge in [-0.15, -0.1) is 0 Å². The highest BCUT2D eigenvalue weighted by Gasteiger charge is 2.36. The Morgan fingerprint density at radius 2 is 1.74 bits per heavy atom. The number of carbonyl (C=O) groups is 4. The molecule has 0 aliphatic carbocycles. The molecule has 1 aliphatic rings. The van der Waals surface area contributed by atoms with E-state index in [1.807, 2.05) is 18.4 Å². The molecule has 2 aromatic carbocycles. The van der Waals surface area contributed by atoms with Crippen LogP contribution in [0.1, 0.15) is 32.9 Å². The molecule has 1 N–H and O–H groups in total. The van der Waals surface area contributed by atoms with Crippen LogP contribution in [0.2, 0.25) is 5.02 Å². The van der Waals surface area contributed by atoms with Gasteiger partial charge < -0.3 is 14.5 Å². The lowest BCUT2D eigenvalue weighted by Gasteiger charge is -2.26. The predicted molar refractivity (Wildman–Crippen MR) is 123 cm³/mol. The van der Waals surface area contributed by atoms with Crippen molar-refractivity contribution in [2.45, 2.75) is 20.4 Å². The van der Waals surface area contributed by atoms with Gasteiger partial charge in [0, 0.05) is 22.1 Å². The second-order valence-electron chi connectivity index (χ2n) is 7.80. The van der Waals surface area contributed by atoms with E-state index in [-0.39, 0.29) is 17.7 Å². The van der Waals surface area contributed by atoms with Crippen molar-refractivity contribution in [1.82, 2.24) is 14.8 Å². The van der Waals surface area contributed by atoms with Gasteiger partial charge in [-0.05, 0) is 60.9 Å². The van der Waals surface area contributed by atoms with Crippen molar-refractivity contribution < 1.29 is 24.3 Å². The third-order valence-corrected chi connectivity index (χ3v) is 5.97. The van der Waals surface area contributed by atoms with E-state index in [2.05, 4.69) is 5.32 Å². The number of carboxylic acids is 1. The van der Waals surface area contributed by atoms with Crippen LogP contribution >= 0.6 is 11.6 Å². The summed E-state index contributed by atoms with van der Waals surface area (Å²) in [5.41, 5.74) is 3.28. The average Bonchev–Trinajstić information content (AvgIpc) is 3.08. The van der Waals surface area contributed by atoms with Crippen LogP contribution in [0.3, 0.4) is 0 Å². The number of benzene rings is 2. The average molecular weight is 477 g/mol. The number of halogens is 1. The van der Waals surface area contributed by atoms with Crippen LogP contribution in [0.4, 0.5) is 4.79 Å². The van der Waals surface area contributed by atoms with Crippen molar-refractivity contribution in [2.24, 2.45) is 0 Å². The van der Waals surface area contributed by atoms with Crippen molar-refractivity contribution in [3.63, 3.8) is 0 Å².